The fraction of sp³-hybridized carbons (Fsp3) is 0.294. The predicted molar refractivity (Wildman–Crippen MR) is 86.4 cm³/mol. The Bertz CT molecular complexity index is 548. The Morgan fingerprint density at radius 2 is 1.90 bits per heavy atom. The van der Waals surface area contributed by atoms with Crippen LogP contribution in [0.25, 0.3) is 0 Å². The minimum atomic E-state index is -0.296. The molecule has 2 rings (SSSR count). The number of rotatable bonds is 8. The summed E-state index contributed by atoms with van der Waals surface area (Å²) in [7, 11) is 0. The molecule has 2 nitrogen and oxygen atoms in total. The van der Waals surface area contributed by atoms with Crippen molar-refractivity contribution in [2.45, 2.75) is 18.4 Å². The summed E-state index contributed by atoms with van der Waals surface area (Å²) in [6.45, 7) is 3.98. The number of hydrogen-bond donors (Lipinski definition) is 1. The zero-order chi connectivity index (χ0) is 14.9. The molecule has 0 atom stereocenters. The van der Waals surface area contributed by atoms with E-state index in [1.54, 1.807) is 17.8 Å². The first-order chi connectivity index (χ1) is 10.3. The Kier molecular flexibility index (Phi) is 6.57. The molecule has 2 aromatic carbocycles. The average Bonchev–Trinajstić information content (AvgIpc) is 2.52. The third-order valence-corrected chi connectivity index (χ3v) is 3.93. The molecule has 0 heterocycles. The number of halogens is 1. The van der Waals surface area contributed by atoms with Gasteiger partial charge in [-0.05, 0) is 24.7 Å². The van der Waals surface area contributed by atoms with Crippen LogP contribution in [-0.4, -0.2) is 18.9 Å². The number of hydrogen-bond acceptors (Lipinski definition) is 3. The third-order valence-electron chi connectivity index (χ3n) is 2.96. The number of nitrogens with one attached hydrogen (secondary N) is 1. The Morgan fingerprint density at radius 1 is 1.10 bits per heavy atom. The molecule has 0 unspecified atom stereocenters. The Hall–Kier alpha value is -1.52. The Morgan fingerprint density at radius 3 is 2.67 bits per heavy atom. The summed E-state index contributed by atoms with van der Waals surface area (Å²) in [5, 5.41) is 3.20. The van der Waals surface area contributed by atoms with Crippen LogP contribution in [0.5, 0.6) is 5.75 Å². The summed E-state index contributed by atoms with van der Waals surface area (Å²) >= 11 is 1.71. The van der Waals surface area contributed by atoms with Crippen LogP contribution in [-0.2, 0) is 6.54 Å². The molecule has 0 aromatic heterocycles. The van der Waals surface area contributed by atoms with E-state index in [-0.39, 0.29) is 5.82 Å². The van der Waals surface area contributed by atoms with Crippen molar-refractivity contribution >= 4 is 11.8 Å². The molecular formula is C17H20FNOS. The monoisotopic (exact) mass is 305 g/mol. The van der Waals surface area contributed by atoms with Gasteiger partial charge in [-0.15, -0.1) is 11.8 Å². The number of ether oxygens (including phenoxy) is 1. The molecule has 4 heteroatoms. The summed E-state index contributed by atoms with van der Waals surface area (Å²) in [5.41, 5.74) is 0.863. The van der Waals surface area contributed by atoms with Crippen LogP contribution < -0.4 is 10.1 Å². The molecule has 2 aromatic rings. The molecule has 0 aliphatic carbocycles. The maximum atomic E-state index is 13.9. The van der Waals surface area contributed by atoms with Crippen molar-refractivity contribution in [3.8, 4) is 5.75 Å². The standard InChI is InChI=1S/C17H20FNOS/c1-2-19-13-14-7-6-10-16(18)17(14)20-11-12-21-15-8-4-3-5-9-15/h3-10,19H,2,11-13H2,1H3. The van der Waals surface area contributed by atoms with Gasteiger partial charge in [0.2, 0.25) is 0 Å². The summed E-state index contributed by atoms with van der Waals surface area (Å²) in [6.07, 6.45) is 0. The van der Waals surface area contributed by atoms with Crippen LogP contribution in [0.4, 0.5) is 4.39 Å². The van der Waals surface area contributed by atoms with Crippen LogP contribution in [0.15, 0.2) is 53.4 Å². The first kappa shape index (κ1) is 15.9. The van der Waals surface area contributed by atoms with E-state index in [4.69, 9.17) is 4.74 Å². The maximum absolute atomic E-state index is 13.9. The largest absolute Gasteiger partial charge is 0.489 e. The van der Waals surface area contributed by atoms with Gasteiger partial charge in [-0.3, -0.25) is 0 Å². The molecule has 0 fully saturated rings. The van der Waals surface area contributed by atoms with Gasteiger partial charge in [-0.1, -0.05) is 37.3 Å². The quantitative estimate of drug-likeness (QED) is 0.586. The van der Waals surface area contributed by atoms with Gasteiger partial charge >= 0.3 is 0 Å². The van der Waals surface area contributed by atoms with Gasteiger partial charge in [0.25, 0.3) is 0 Å². The minimum Gasteiger partial charge on any atom is -0.489 e. The average molecular weight is 305 g/mol. The second-order valence-corrected chi connectivity index (χ2v) is 5.69. The molecule has 0 radical (unpaired) electrons. The second-order valence-electron chi connectivity index (χ2n) is 4.52. The highest BCUT2D eigenvalue weighted by Crippen LogP contribution is 2.23. The van der Waals surface area contributed by atoms with Gasteiger partial charge in [0, 0.05) is 22.8 Å². The topological polar surface area (TPSA) is 21.3 Å². The number of benzene rings is 2. The van der Waals surface area contributed by atoms with Gasteiger partial charge in [0.1, 0.15) is 0 Å². The van der Waals surface area contributed by atoms with E-state index < -0.39 is 0 Å². The molecule has 0 bridgehead atoms. The molecule has 21 heavy (non-hydrogen) atoms. The van der Waals surface area contributed by atoms with E-state index in [9.17, 15) is 4.39 Å². The van der Waals surface area contributed by atoms with Crippen LogP contribution in [0.3, 0.4) is 0 Å². The lowest BCUT2D eigenvalue weighted by atomic mass is 10.2. The highest BCUT2D eigenvalue weighted by molar-refractivity contribution is 7.99. The highest BCUT2D eigenvalue weighted by Gasteiger charge is 2.09. The Balaban J connectivity index is 1.87. The normalized spacial score (nSPS) is 10.6. The molecule has 0 aliphatic heterocycles. The number of para-hydroxylation sites is 1. The fourth-order valence-corrected chi connectivity index (χ4v) is 2.69. The van der Waals surface area contributed by atoms with Gasteiger partial charge in [-0.2, -0.15) is 0 Å². The SMILES string of the molecule is CCNCc1cccc(F)c1OCCSc1ccccc1. The lowest BCUT2D eigenvalue weighted by Gasteiger charge is -2.12. The molecule has 0 spiro atoms. The van der Waals surface area contributed by atoms with Crippen molar-refractivity contribution in [1.29, 1.82) is 0 Å². The smallest absolute Gasteiger partial charge is 0.165 e. The van der Waals surface area contributed by atoms with Gasteiger partial charge in [-0.25, -0.2) is 4.39 Å². The molecule has 0 aliphatic rings. The molecular weight excluding hydrogens is 285 g/mol. The lowest BCUT2D eigenvalue weighted by molar-refractivity contribution is 0.320. The Labute approximate surface area is 129 Å². The fourth-order valence-electron chi connectivity index (χ4n) is 1.93. The van der Waals surface area contributed by atoms with Crippen molar-refractivity contribution in [1.82, 2.24) is 5.32 Å². The summed E-state index contributed by atoms with van der Waals surface area (Å²) in [5.74, 6) is 0.862. The first-order valence-electron chi connectivity index (χ1n) is 7.10. The zero-order valence-electron chi connectivity index (χ0n) is 12.1. The van der Waals surface area contributed by atoms with Crippen LogP contribution in [0, 0.1) is 5.82 Å². The molecule has 0 saturated carbocycles. The first-order valence-corrected chi connectivity index (χ1v) is 8.08. The van der Waals surface area contributed by atoms with Crippen molar-refractivity contribution < 1.29 is 9.13 Å². The predicted octanol–water partition coefficient (Wildman–Crippen LogP) is 4.11. The van der Waals surface area contributed by atoms with Gasteiger partial charge < -0.3 is 10.1 Å². The van der Waals surface area contributed by atoms with E-state index in [1.165, 1.54) is 11.0 Å². The van der Waals surface area contributed by atoms with Crippen LogP contribution in [0.2, 0.25) is 0 Å². The van der Waals surface area contributed by atoms with Gasteiger partial charge in [0.05, 0.1) is 6.61 Å². The molecule has 1 N–H and O–H groups in total. The highest BCUT2D eigenvalue weighted by atomic mass is 32.2. The van der Waals surface area contributed by atoms with Crippen molar-refractivity contribution in [3.63, 3.8) is 0 Å². The summed E-state index contributed by atoms with van der Waals surface area (Å²) < 4.78 is 19.5. The van der Waals surface area contributed by atoms with Crippen LogP contribution in [0.1, 0.15) is 12.5 Å². The second kappa shape index (κ2) is 8.70. The van der Waals surface area contributed by atoms with E-state index in [0.29, 0.717) is 18.9 Å². The zero-order valence-corrected chi connectivity index (χ0v) is 13.0. The molecule has 112 valence electrons. The van der Waals surface area contributed by atoms with E-state index >= 15 is 0 Å². The number of thioether (sulfide) groups is 1. The van der Waals surface area contributed by atoms with Gasteiger partial charge in [0.15, 0.2) is 11.6 Å². The lowest BCUT2D eigenvalue weighted by Crippen LogP contribution is -2.14. The minimum absolute atomic E-state index is 0.296. The maximum Gasteiger partial charge on any atom is 0.165 e. The molecule has 0 saturated heterocycles. The van der Waals surface area contributed by atoms with Crippen molar-refractivity contribution in [2.75, 3.05) is 18.9 Å². The molecule has 0 amide bonds. The summed E-state index contributed by atoms with van der Waals surface area (Å²) in [4.78, 5) is 1.20. The van der Waals surface area contributed by atoms with Crippen LogP contribution >= 0.6 is 11.8 Å². The summed E-state index contributed by atoms with van der Waals surface area (Å²) in [6, 6.07) is 15.2. The van der Waals surface area contributed by atoms with E-state index in [1.807, 2.05) is 31.2 Å². The van der Waals surface area contributed by atoms with E-state index in [2.05, 4.69) is 17.4 Å². The van der Waals surface area contributed by atoms with Crippen molar-refractivity contribution in [3.05, 3.63) is 59.9 Å². The van der Waals surface area contributed by atoms with Crippen molar-refractivity contribution in [2.24, 2.45) is 0 Å². The van der Waals surface area contributed by atoms with E-state index in [0.717, 1.165) is 17.9 Å². The third kappa shape index (κ3) is 5.06.